The molecule has 16 heavy (non-hydrogen) atoms. The van der Waals surface area contributed by atoms with Gasteiger partial charge in [0, 0.05) is 0 Å². The number of nitrogens with two attached hydrogens (primary N) is 1. The molecule has 0 bridgehead atoms. The van der Waals surface area contributed by atoms with Crippen LogP contribution < -0.4 is 10.5 Å². The Morgan fingerprint density at radius 2 is 2.25 bits per heavy atom. The van der Waals surface area contributed by atoms with Gasteiger partial charge in [0.2, 0.25) is 0 Å². The van der Waals surface area contributed by atoms with Gasteiger partial charge in [-0.05, 0) is 41.7 Å². The molecule has 1 aromatic heterocycles. The molecule has 0 fully saturated rings. The normalized spacial score (nSPS) is 12.4. The van der Waals surface area contributed by atoms with Crippen LogP contribution in [-0.4, -0.2) is 16.7 Å². The smallest absolute Gasteiger partial charge is 0.119 e. The van der Waals surface area contributed by atoms with E-state index in [9.17, 15) is 0 Å². The fourth-order valence-electron chi connectivity index (χ4n) is 1.59. The van der Waals surface area contributed by atoms with Crippen LogP contribution in [0.25, 0.3) is 0 Å². The van der Waals surface area contributed by atoms with E-state index in [1.54, 1.807) is 13.3 Å². The second-order valence-corrected chi connectivity index (χ2v) is 4.34. The van der Waals surface area contributed by atoms with Gasteiger partial charge in [-0.2, -0.15) is 0 Å². The molecule has 1 atom stereocenters. The standard InChI is InChI=1S/C11H13N3OS/c1-7-5-8(15-2)3-4-9(7)11(12)10-6-13-14-16-10/h3-6,11H,12H2,1-2H3. The number of aryl methyl sites for hydroxylation is 1. The van der Waals surface area contributed by atoms with Crippen molar-refractivity contribution >= 4 is 11.5 Å². The zero-order chi connectivity index (χ0) is 11.5. The third-order valence-electron chi connectivity index (χ3n) is 2.50. The number of nitrogens with zero attached hydrogens (tertiary/aromatic N) is 2. The molecule has 84 valence electrons. The maximum Gasteiger partial charge on any atom is 0.119 e. The van der Waals surface area contributed by atoms with Crippen LogP contribution in [0.4, 0.5) is 0 Å². The van der Waals surface area contributed by atoms with Gasteiger partial charge in [0.15, 0.2) is 0 Å². The van der Waals surface area contributed by atoms with Crippen molar-refractivity contribution in [2.75, 3.05) is 7.11 Å². The number of rotatable bonds is 3. The predicted octanol–water partition coefficient (Wildman–Crippen LogP) is 1.90. The van der Waals surface area contributed by atoms with Crippen LogP contribution in [0.2, 0.25) is 0 Å². The van der Waals surface area contributed by atoms with Crippen molar-refractivity contribution in [1.82, 2.24) is 9.59 Å². The molecule has 0 spiro atoms. The lowest BCUT2D eigenvalue weighted by atomic mass is 10.0. The van der Waals surface area contributed by atoms with E-state index in [0.717, 1.165) is 21.8 Å². The summed E-state index contributed by atoms with van der Waals surface area (Å²) in [5.74, 6) is 0.843. The lowest BCUT2D eigenvalue weighted by Gasteiger charge is -2.13. The monoisotopic (exact) mass is 235 g/mol. The van der Waals surface area contributed by atoms with Crippen LogP contribution in [-0.2, 0) is 0 Å². The van der Waals surface area contributed by atoms with Gasteiger partial charge in [0.1, 0.15) is 5.75 Å². The molecule has 1 unspecified atom stereocenters. The number of hydrogen-bond acceptors (Lipinski definition) is 5. The Kier molecular flexibility index (Phi) is 3.17. The third-order valence-corrected chi connectivity index (χ3v) is 3.24. The van der Waals surface area contributed by atoms with Gasteiger partial charge < -0.3 is 10.5 Å². The van der Waals surface area contributed by atoms with E-state index in [2.05, 4.69) is 9.59 Å². The molecular formula is C11H13N3OS. The summed E-state index contributed by atoms with van der Waals surface area (Å²) in [5, 5.41) is 3.80. The average Bonchev–Trinajstić information content (AvgIpc) is 2.81. The average molecular weight is 235 g/mol. The fourth-order valence-corrected chi connectivity index (χ4v) is 2.11. The van der Waals surface area contributed by atoms with E-state index in [0.29, 0.717) is 0 Å². The summed E-state index contributed by atoms with van der Waals surface area (Å²) in [7, 11) is 1.65. The summed E-state index contributed by atoms with van der Waals surface area (Å²) >= 11 is 1.33. The highest BCUT2D eigenvalue weighted by Crippen LogP contribution is 2.26. The molecule has 0 amide bonds. The molecular weight excluding hydrogens is 222 g/mol. The number of aromatic nitrogens is 2. The maximum absolute atomic E-state index is 6.14. The van der Waals surface area contributed by atoms with Gasteiger partial charge in [-0.15, -0.1) is 5.10 Å². The molecule has 0 saturated carbocycles. The third kappa shape index (κ3) is 2.05. The highest BCUT2D eigenvalue weighted by molar-refractivity contribution is 7.05. The first-order valence-electron chi connectivity index (χ1n) is 4.89. The van der Waals surface area contributed by atoms with Crippen LogP contribution in [0.1, 0.15) is 22.0 Å². The van der Waals surface area contributed by atoms with Crippen LogP contribution in [0.5, 0.6) is 5.75 Å². The zero-order valence-corrected chi connectivity index (χ0v) is 9.99. The Labute approximate surface area is 98.2 Å². The van der Waals surface area contributed by atoms with E-state index in [-0.39, 0.29) is 6.04 Å². The van der Waals surface area contributed by atoms with E-state index in [1.807, 2.05) is 25.1 Å². The molecule has 1 aromatic carbocycles. The Bertz CT molecular complexity index is 470. The minimum Gasteiger partial charge on any atom is -0.497 e. The number of hydrogen-bond donors (Lipinski definition) is 1. The minimum atomic E-state index is -0.161. The number of ether oxygens (including phenoxy) is 1. The quantitative estimate of drug-likeness (QED) is 0.882. The van der Waals surface area contributed by atoms with Crippen molar-refractivity contribution in [3.05, 3.63) is 40.4 Å². The minimum absolute atomic E-state index is 0.161. The molecule has 2 rings (SSSR count). The largest absolute Gasteiger partial charge is 0.497 e. The highest BCUT2D eigenvalue weighted by atomic mass is 32.1. The van der Waals surface area contributed by atoms with Gasteiger partial charge in [0.05, 0.1) is 24.2 Å². The molecule has 1 heterocycles. The molecule has 0 aliphatic rings. The van der Waals surface area contributed by atoms with Gasteiger partial charge in [-0.25, -0.2) is 0 Å². The highest BCUT2D eigenvalue weighted by Gasteiger charge is 2.13. The molecule has 0 saturated heterocycles. The summed E-state index contributed by atoms with van der Waals surface area (Å²) < 4.78 is 8.98. The van der Waals surface area contributed by atoms with E-state index in [1.165, 1.54) is 11.5 Å². The molecule has 0 aliphatic heterocycles. The second kappa shape index (κ2) is 4.59. The first-order valence-corrected chi connectivity index (χ1v) is 5.67. The summed E-state index contributed by atoms with van der Waals surface area (Å²) in [6, 6.07) is 5.71. The lowest BCUT2D eigenvalue weighted by molar-refractivity contribution is 0.414. The van der Waals surface area contributed by atoms with Gasteiger partial charge >= 0.3 is 0 Å². The first-order chi connectivity index (χ1) is 7.72. The van der Waals surface area contributed by atoms with Gasteiger partial charge in [-0.3, -0.25) is 0 Å². The Hall–Kier alpha value is -1.46. The van der Waals surface area contributed by atoms with Crippen LogP contribution in [0.3, 0.4) is 0 Å². The van der Waals surface area contributed by atoms with Crippen LogP contribution in [0.15, 0.2) is 24.4 Å². The Morgan fingerprint density at radius 3 is 2.81 bits per heavy atom. The van der Waals surface area contributed by atoms with Gasteiger partial charge in [0.25, 0.3) is 0 Å². The van der Waals surface area contributed by atoms with Crippen molar-refractivity contribution in [1.29, 1.82) is 0 Å². The van der Waals surface area contributed by atoms with Crippen molar-refractivity contribution in [3.8, 4) is 5.75 Å². The summed E-state index contributed by atoms with van der Waals surface area (Å²) in [6.45, 7) is 2.02. The molecule has 5 heteroatoms. The molecule has 4 nitrogen and oxygen atoms in total. The van der Waals surface area contributed by atoms with Crippen LogP contribution in [0, 0.1) is 6.92 Å². The van der Waals surface area contributed by atoms with Gasteiger partial charge in [-0.1, -0.05) is 10.6 Å². The van der Waals surface area contributed by atoms with Crippen molar-refractivity contribution in [2.24, 2.45) is 5.73 Å². The second-order valence-electron chi connectivity index (χ2n) is 3.52. The first kappa shape index (κ1) is 11.0. The molecule has 2 aromatic rings. The topological polar surface area (TPSA) is 61.0 Å². The van der Waals surface area contributed by atoms with E-state index in [4.69, 9.17) is 10.5 Å². The fraction of sp³-hybridized carbons (Fsp3) is 0.273. The number of methoxy groups -OCH3 is 1. The van der Waals surface area contributed by atoms with Crippen molar-refractivity contribution in [2.45, 2.75) is 13.0 Å². The van der Waals surface area contributed by atoms with Crippen molar-refractivity contribution < 1.29 is 4.74 Å². The molecule has 0 aliphatic carbocycles. The predicted molar refractivity (Wildman–Crippen MR) is 63.7 cm³/mol. The summed E-state index contributed by atoms with van der Waals surface area (Å²) in [5.41, 5.74) is 8.33. The Balaban J connectivity index is 2.34. The lowest BCUT2D eigenvalue weighted by Crippen LogP contribution is -2.11. The summed E-state index contributed by atoms with van der Waals surface area (Å²) in [6.07, 6.45) is 1.71. The van der Waals surface area contributed by atoms with Crippen LogP contribution >= 0.6 is 11.5 Å². The summed E-state index contributed by atoms with van der Waals surface area (Å²) in [4.78, 5) is 0.966. The van der Waals surface area contributed by atoms with E-state index >= 15 is 0 Å². The molecule has 0 radical (unpaired) electrons. The maximum atomic E-state index is 6.14. The van der Waals surface area contributed by atoms with Crippen molar-refractivity contribution in [3.63, 3.8) is 0 Å². The van der Waals surface area contributed by atoms with E-state index < -0.39 is 0 Å². The molecule has 2 N–H and O–H groups in total. The SMILES string of the molecule is COc1ccc(C(N)c2cnns2)c(C)c1. The number of benzene rings is 1. The Morgan fingerprint density at radius 1 is 1.44 bits per heavy atom. The zero-order valence-electron chi connectivity index (χ0n) is 9.18.